The van der Waals surface area contributed by atoms with E-state index >= 15 is 0 Å². The zero-order valence-electron chi connectivity index (χ0n) is 13.8. The number of carbonyl (C=O) groups excluding carboxylic acids is 2. The second-order valence-electron chi connectivity index (χ2n) is 6.23. The Bertz CT molecular complexity index is 755. The van der Waals surface area contributed by atoms with Crippen molar-refractivity contribution in [3.63, 3.8) is 0 Å². The first-order valence-corrected chi connectivity index (χ1v) is 8.66. The number of primary amides is 1. The number of hydrogen-bond donors (Lipinski definition) is 1. The molecule has 0 aliphatic carbocycles. The van der Waals surface area contributed by atoms with Crippen molar-refractivity contribution >= 4 is 23.4 Å². The fourth-order valence-corrected chi connectivity index (χ4v) is 3.38. The Morgan fingerprint density at radius 2 is 2.24 bits per heavy atom. The van der Waals surface area contributed by atoms with Gasteiger partial charge in [-0.15, -0.1) is 0 Å². The fourth-order valence-electron chi connectivity index (χ4n) is 3.23. The second kappa shape index (κ2) is 7.69. The number of likely N-dealkylation sites (tertiary alicyclic amines) is 1. The van der Waals surface area contributed by atoms with Crippen molar-refractivity contribution in [1.29, 1.82) is 0 Å². The van der Waals surface area contributed by atoms with Crippen LogP contribution >= 0.6 is 11.6 Å². The Labute approximate surface area is 150 Å². The van der Waals surface area contributed by atoms with Crippen LogP contribution in [0.25, 0.3) is 0 Å². The molecule has 2 amide bonds. The topological polar surface area (TPSA) is 99.0 Å². The van der Waals surface area contributed by atoms with E-state index in [1.54, 1.807) is 34.0 Å². The van der Waals surface area contributed by atoms with E-state index in [2.05, 4.69) is 10.1 Å². The van der Waals surface area contributed by atoms with Gasteiger partial charge in [-0.2, -0.15) is 5.10 Å². The van der Waals surface area contributed by atoms with Crippen molar-refractivity contribution in [2.75, 3.05) is 13.1 Å². The van der Waals surface area contributed by atoms with Crippen molar-refractivity contribution in [2.45, 2.75) is 38.3 Å². The highest BCUT2D eigenvalue weighted by Crippen LogP contribution is 2.26. The first-order valence-electron chi connectivity index (χ1n) is 8.28. The number of aromatic nitrogens is 4. The monoisotopic (exact) mass is 364 g/mol. The highest BCUT2D eigenvalue weighted by Gasteiger charge is 2.27. The second-order valence-corrected chi connectivity index (χ2v) is 6.67. The molecule has 9 heteroatoms. The first-order chi connectivity index (χ1) is 12.0. The van der Waals surface area contributed by atoms with Crippen molar-refractivity contribution in [3.05, 3.63) is 35.6 Å². The van der Waals surface area contributed by atoms with Gasteiger partial charge in [-0.05, 0) is 12.8 Å². The normalized spacial score (nSPS) is 17.6. The maximum absolute atomic E-state index is 12.5. The van der Waals surface area contributed by atoms with Gasteiger partial charge >= 0.3 is 0 Å². The molecule has 8 nitrogen and oxygen atoms in total. The molecule has 134 valence electrons. The Morgan fingerprint density at radius 1 is 1.40 bits per heavy atom. The SMILES string of the molecule is NC(=O)Cn1ccnc1C1CCCN(C(=O)CCn2cc(Cl)cn2)C1. The summed E-state index contributed by atoms with van der Waals surface area (Å²) in [5, 5.41) is 4.65. The van der Waals surface area contributed by atoms with E-state index in [4.69, 9.17) is 17.3 Å². The molecule has 3 heterocycles. The molecule has 25 heavy (non-hydrogen) atoms. The van der Waals surface area contributed by atoms with Gasteiger partial charge in [0.15, 0.2) is 0 Å². The number of rotatable bonds is 6. The molecular formula is C16H21ClN6O2. The standard InChI is InChI=1S/C16H21ClN6O2/c17-13-8-20-23(10-13)6-3-15(25)21-5-1-2-12(9-21)16-19-4-7-22(16)11-14(18)24/h4,7-8,10,12H,1-3,5-6,9,11H2,(H2,18,24). The Balaban J connectivity index is 1.60. The van der Waals surface area contributed by atoms with Crippen LogP contribution in [0.5, 0.6) is 0 Å². The number of imidazole rings is 1. The maximum Gasteiger partial charge on any atom is 0.237 e. The van der Waals surface area contributed by atoms with Crippen molar-refractivity contribution in [1.82, 2.24) is 24.2 Å². The number of nitrogens with two attached hydrogens (primary N) is 1. The predicted octanol–water partition coefficient (Wildman–Crippen LogP) is 1.01. The van der Waals surface area contributed by atoms with Gasteiger partial charge in [0.25, 0.3) is 0 Å². The van der Waals surface area contributed by atoms with E-state index in [-0.39, 0.29) is 18.4 Å². The lowest BCUT2D eigenvalue weighted by atomic mass is 9.96. The van der Waals surface area contributed by atoms with Crippen LogP contribution in [0.4, 0.5) is 0 Å². The summed E-state index contributed by atoms with van der Waals surface area (Å²) in [6, 6.07) is 0. The van der Waals surface area contributed by atoms with Crippen LogP contribution in [0.15, 0.2) is 24.8 Å². The quantitative estimate of drug-likeness (QED) is 0.826. The summed E-state index contributed by atoms with van der Waals surface area (Å²) >= 11 is 5.83. The van der Waals surface area contributed by atoms with Gasteiger partial charge in [0.1, 0.15) is 12.4 Å². The number of piperidine rings is 1. The average Bonchev–Trinajstić information content (AvgIpc) is 3.21. The zero-order valence-corrected chi connectivity index (χ0v) is 14.6. The number of halogens is 1. The van der Waals surface area contributed by atoms with Crippen molar-refractivity contribution in [3.8, 4) is 0 Å². The molecule has 0 spiro atoms. The lowest BCUT2D eigenvalue weighted by Crippen LogP contribution is -2.40. The molecule has 1 saturated heterocycles. The molecule has 0 bridgehead atoms. The van der Waals surface area contributed by atoms with E-state index in [0.717, 1.165) is 25.2 Å². The number of carbonyl (C=O) groups is 2. The van der Waals surface area contributed by atoms with Gasteiger partial charge in [0.2, 0.25) is 11.8 Å². The first kappa shape index (κ1) is 17.5. The molecule has 3 rings (SSSR count). The third kappa shape index (κ3) is 4.39. The van der Waals surface area contributed by atoms with Crippen LogP contribution in [0, 0.1) is 0 Å². The van der Waals surface area contributed by atoms with E-state index < -0.39 is 5.91 Å². The van der Waals surface area contributed by atoms with Crippen LogP contribution < -0.4 is 5.73 Å². The lowest BCUT2D eigenvalue weighted by molar-refractivity contribution is -0.132. The van der Waals surface area contributed by atoms with Gasteiger partial charge in [0.05, 0.1) is 11.2 Å². The molecule has 0 radical (unpaired) electrons. The summed E-state index contributed by atoms with van der Waals surface area (Å²) in [4.78, 5) is 29.9. The zero-order chi connectivity index (χ0) is 17.8. The van der Waals surface area contributed by atoms with Gasteiger partial charge in [0, 0.05) is 50.6 Å². The van der Waals surface area contributed by atoms with E-state index in [9.17, 15) is 9.59 Å². The fraction of sp³-hybridized carbons (Fsp3) is 0.500. The Hall–Kier alpha value is -2.35. The van der Waals surface area contributed by atoms with Crippen LogP contribution in [-0.4, -0.2) is 49.1 Å². The van der Waals surface area contributed by atoms with Crippen LogP contribution in [0.2, 0.25) is 5.02 Å². The third-order valence-corrected chi connectivity index (χ3v) is 4.56. The minimum Gasteiger partial charge on any atom is -0.368 e. The summed E-state index contributed by atoms with van der Waals surface area (Å²) in [6.07, 6.45) is 8.90. The molecule has 0 aromatic carbocycles. The molecule has 0 saturated carbocycles. The van der Waals surface area contributed by atoms with Crippen LogP contribution in [0.3, 0.4) is 0 Å². The summed E-state index contributed by atoms with van der Waals surface area (Å²) in [6.45, 7) is 1.96. The Kier molecular flexibility index (Phi) is 5.37. The third-order valence-electron chi connectivity index (χ3n) is 4.37. The molecule has 1 atom stereocenters. The largest absolute Gasteiger partial charge is 0.368 e. The molecular weight excluding hydrogens is 344 g/mol. The molecule has 2 aromatic heterocycles. The summed E-state index contributed by atoms with van der Waals surface area (Å²) in [5.74, 6) is 0.617. The van der Waals surface area contributed by atoms with E-state index in [0.29, 0.717) is 24.5 Å². The minimum absolute atomic E-state index is 0.0873. The van der Waals surface area contributed by atoms with E-state index in [1.807, 2.05) is 4.90 Å². The lowest BCUT2D eigenvalue weighted by Gasteiger charge is -2.32. The summed E-state index contributed by atoms with van der Waals surface area (Å²) in [5.41, 5.74) is 5.28. The van der Waals surface area contributed by atoms with Gasteiger partial charge in [-0.1, -0.05) is 11.6 Å². The summed E-state index contributed by atoms with van der Waals surface area (Å²) < 4.78 is 3.44. The van der Waals surface area contributed by atoms with Crippen molar-refractivity contribution in [2.24, 2.45) is 5.73 Å². The molecule has 2 aromatic rings. The highest BCUT2D eigenvalue weighted by atomic mass is 35.5. The Morgan fingerprint density at radius 3 is 2.96 bits per heavy atom. The molecule has 1 unspecified atom stereocenters. The summed E-state index contributed by atoms with van der Waals surface area (Å²) in [7, 11) is 0. The highest BCUT2D eigenvalue weighted by molar-refractivity contribution is 6.30. The number of amides is 2. The molecule has 1 aliphatic rings. The number of nitrogens with zero attached hydrogens (tertiary/aromatic N) is 5. The molecule has 2 N–H and O–H groups in total. The van der Waals surface area contributed by atoms with Gasteiger partial charge in [-0.3, -0.25) is 14.3 Å². The number of aryl methyl sites for hydroxylation is 1. The van der Waals surface area contributed by atoms with Gasteiger partial charge in [-0.25, -0.2) is 4.98 Å². The predicted molar refractivity (Wildman–Crippen MR) is 91.8 cm³/mol. The van der Waals surface area contributed by atoms with Crippen molar-refractivity contribution < 1.29 is 9.59 Å². The van der Waals surface area contributed by atoms with Crippen LogP contribution in [-0.2, 0) is 22.7 Å². The van der Waals surface area contributed by atoms with E-state index in [1.165, 1.54) is 0 Å². The average molecular weight is 365 g/mol. The van der Waals surface area contributed by atoms with Gasteiger partial charge < -0.3 is 15.2 Å². The number of hydrogen-bond acceptors (Lipinski definition) is 4. The maximum atomic E-state index is 12.5. The smallest absolute Gasteiger partial charge is 0.237 e. The van der Waals surface area contributed by atoms with Crippen LogP contribution in [0.1, 0.15) is 31.0 Å². The molecule has 1 fully saturated rings. The molecule has 1 aliphatic heterocycles. The minimum atomic E-state index is -0.402.